The van der Waals surface area contributed by atoms with Gasteiger partial charge in [-0.25, -0.2) is 8.42 Å². The second-order valence-electron chi connectivity index (χ2n) is 8.60. The number of rotatable bonds is 9. The predicted octanol–water partition coefficient (Wildman–Crippen LogP) is 4.32. The minimum absolute atomic E-state index is 0.00436. The lowest BCUT2D eigenvalue weighted by molar-refractivity contribution is -0.139. The quantitative estimate of drug-likeness (QED) is 0.449. The van der Waals surface area contributed by atoms with Gasteiger partial charge in [0.1, 0.15) is 12.6 Å². The van der Waals surface area contributed by atoms with Gasteiger partial charge in [0.15, 0.2) is 0 Å². The van der Waals surface area contributed by atoms with Crippen molar-refractivity contribution in [3.05, 3.63) is 94.5 Å². The van der Waals surface area contributed by atoms with Crippen molar-refractivity contribution in [1.29, 1.82) is 0 Å². The maximum atomic E-state index is 13.7. The van der Waals surface area contributed by atoms with Crippen molar-refractivity contribution in [3.63, 3.8) is 0 Å². The molecule has 190 valence electrons. The summed E-state index contributed by atoms with van der Waals surface area (Å²) in [5.74, 6) is -0.859. The SMILES string of the molecule is CNC(=O)[C@H](C)N(Cc1ccc(C)cc1)C(=O)CN(c1ccc(C)cc1)S(=O)(=O)c1ccc(Cl)cc1. The summed E-state index contributed by atoms with van der Waals surface area (Å²) in [6, 6.07) is 19.4. The second kappa shape index (κ2) is 11.6. The smallest absolute Gasteiger partial charge is 0.264 e. The number of nitrogens with one attached hydrogen (secondary N) is 1. The van der Waals surface area contributed by atoms with Crippen LogP contribution in [0.1, 0.15) is 23.6 Å². The molecule has 0 aromatic heterocycles. The van der Waals surface area contributed by atoms with Gasteiger partial charge in [0, 0.05) is 18.6 Å². The summed E-state index contributed by atoms with van der Waals surface area (Å²) in [6.45, 7) is 5.13. The number of benzene rings is 3. The topological polar surface area (TPSA) is 86.8 Å². The average molecular weight is 528 g/mol. The zero-order chi connectivity index (χ0) is 26.5. The molecule has 3 aromatic carbocycles. The van der Waals surface area contributed by atoms with Gasteiger partial charge < -0.3 is 10.2 Å². The first-order chi connectivity index (χ1) is 17.0. The number of nitrogens with zero attached hydrogens (tertiary/aromatic N) is 2. The zero-order valence-electron chi connectivity index (χ0n) is 20.7. The van der Waals surface area contributed by atoms with E-state index in [0.717, 1.165) is 21.0 Å². The summed E-state index contributed by atoms with van der Waals surface area (Å²) in [5, 5.41) is 2.97. The molecular formula is C27H30ClN3O4S. The molecule has 0 unspecified atom stereocenters. The number of hydrogen-bond donors (Lipinski definition) is 1. The normalized spacial score (nSPS) is 12.0. The Kier molecular flexibility index (Phi) is 8.76. The molecule has 3 rings (SSSR count). The number of halogens is 1. The summed E-state index contributed by atoms with van der Waals surface area (Å²) in [5.41, 5.74) is 3.18. The summed E-state index contributed by atoms with van der Waals surface area (Å²) in [6.07, 6.45) is 0. The summed E-state index contributed by atoms with van der Waals surface area (Å²) < 4.78 is 28.4. The van der Waals surface area contributed by atoms with Crippen LogP contribution in [0.5, 0.6) is 0 Å². The molecule has 0 fully saturated rings. The molecule has 2 amide bonds. The molecule has 0 aliphatic rings. The van der Waals surface area contributed by atoms with E-state index in [0.29, 0.717) is 10.7 Å². The number of amides is 2. The summed E-state index contributed by atoms with van der Waals surface area (Å²) >= 11 is 5.96. The number of aryl methyl sites for hydroxylation is 2. The van der Waals surface area contributed by atoms with E-state index in [1.807, 2.05) is 38.1 Å². The number of carbonyl (C=O) groups is 2. The standard InChI is InChI=1S/C27H30ClN3O4S/c1-19-5-9-22(10-6-19)17-30(21(3)27(33)29-4)26(32)18-31(24-13-7-20(2)8-14-24)36(34,35)25-15-11-23(28)12-16-25/h5-16,21H,17-18H2,1-4H3,(H,29,33)/t21-/m0/s1. The van der Waals surface area contributed by atoms with Crippen molar-refractivity contribution in [2.75, 3.05) is 17.9 Å². The van der Waals surface area contributed by atoms with E-state index >= 15 is 0 Å². The van der Waals surface area contributed by atoms with Crippen LogP contribution < -0.4 is 9.62 Å². The Morgan fingerprint density at radius 1 is 0.889 bits per heavy atom. The maximum absolute atomic E-state index is 13.7. The van der Waals surface area contributed by atoms with E-state index in [9.17, 15) is 18.0 Å². The van der Waals surface area contributed by atoms with Crippen molar-refractivity contribution in [2.45, 2.75) is 38.3 Å². The van der Waals surface area contributed by atoms with E-state index < -0.39 is 28.5 Å². The van der Waals surface area contributed by atoms with Crippen LogP contribution in [-0.4, -0.2) is 44.8 Å². The number of sulfonamides is 1. The largest absolute Gasteiger partial charge is 0.357 e. The lowest BCUT2D eigenvalue weighted by Gasteiger charge is -2.31. The van der Waals surface area contributed by atoms with E-state index in [-0.39, 0.29) is 17.3 Å². The third kappa shape index (κ3) is 6.44. The van der Waals surface area contributed by atoms with Crippen molar-refractivity contribution in [3.8, 4) is 0 Å². The first kappa shape index (κ1) is 27.2. The van der Waals surface area contributed by atoms with Crippen molar-refractivity contribution in [1.82, 2.24) is 10.2 Å². The molecule has 1 N–H and O–H groups in total. The number of anilines is 1. The second-order valence-corrected chi connectivity index (χ2v) is 10.9. The van der Waals surface area contributed by atoms with Crippen LogP contribution in [0.3, 0.4) is 0 Å². The molecule has 0 aliphatic carbocycles. The average Bonchev–Trinajstić information content (AvgIpc) is 2.86. The van der Waals surface area contributed by atoms with Gasteiger partial charge in [0.2, 0.25) is 11.8 Å². The zero-order valence-corrected chi connectivity index (χ0v) is 22.3. The summed E-state index contributed by atoms with van der Waals surface area (Å²) in [7, 11) is -2.62. The maximum Gasteiger partial charge on any atom is 0.264 e. The van der Waals surface area contributed by atoms with Gasteiger partial charge in [-0.15, -0.1) is 0 Å². The van der Waals surface area contributed by atoms with Crippen LogP contribution in [-0.2, 0) is 26.2 Å². The molecule has 0 spiro atoms. The molecule has 3 aromatic rings. The Hall–Kier alpha value is -3.36. The molecule has 7 nitrogen and oxygen atoms in total. The Morgan fingerprint density at radius 3 is 1.94 bits per heavy atom. The van der Waals surface area contributed by atoms with Crippen LogP contribution in [0, 0.1) is 13.8 Å². The summed E-state index contributed by atoms with van der Waals surface area (Å²) in [4.78, 5) is 27.6. The first-order valence-electron chi connectivity index (χ1n) is 11.4. The first-order valence-corrected chi connectivity index (χ1v) is 13.3. The molecule has 0 saturated carbocycles. The van der Waals surface area contributed by atoms with Gasteiger partial charge >= 0.3 is 0 Å². The molecule has 0 bridgehead atoms. The molecule has 0 saturated heterocycles. The predicted molar refractivity (Wildman–Crippen MR) is 142 cm³/mol. The highest BCUT2D eigenvalue weighted by Gasteiger charge is 2.32. The number of carbonyl (C=O) groups excluding carboxylic acids is 2. The fourth-order valence-corrected chi connectivity index (χ4v) is 5.20. The van der Waals surface area contributed by atoms with Crippen LogP contribution in [0.25, 0.3) is 0 Å². The Bertz CT molecular complexity index is 1310. The minimum Gasteiger partial charge on any atom is -0.357 e. The number of hydrogen-bond acceptors (Lipinski definition) is 4. The van der Waals surface area contributed by atoms with E-state index in [4.69, 9.17) is 11.6 Å². The third-order valence-corrected chi connectivity index (χ3v) is 7.93. The van der Waals surface area contributed by atoms with E-state index in [1.165, 1.54) is 36.2 Å². The van der Waals surface area contributed by atoms with Crippen molar-refractivity contribution in [2.24, 2.45) is 0 Å². The van der Waals surface area contributed by atoms with E-state index in [1.54, 1.807) is 31.2 Å². The molecule has 36 heavy (non-hydrogen) atoms. The molecule has 0 radical (unpaired) electrons. The van der Waals surface area contributed by atoms with Crippen molar-refractivity contribution < 1.29 is 18.0 Å². The lowest BCUT2D eigenvalue weighted by Crippen LogP contribution is -2.50. The van der Waals surface area contributed by atoms with Gasteiger partial charge in [0.25, 0.3) is 10.0 Å². The van der Waals surface area contributed by atoms with Crippen LogP contribution >= 0.6 is 11.6 Å². The monoisotopic (exact) mass is 527 g/mol. The third-order valence-electron chi connectivity index (χ3n) is 5.89. The van der Waals surface area contributed by atoms with Crippen LogP contribution in [0.4, 0.5) is 5.69 Å². The molecule has 9 heteroatoms. The number of likely N-dealkylation sites (N-methyl/N-ethyl adjacent to an activating group) is 1. The Morgan fingerprint density at radius 2 is 1.42 bits per heavy atom. The van der Waals surface area contributed by atoms with Gasteiger partial charge in [-0.2, -0.15) is 0 Å². The van der Waals surface area contributed by atoms with Crippen LogP contribution in [0.15, 0.2) is 77.7 Å². The molecule has 0 heterocycles. The van der Waals surface area contributed by atoms with Gasteiger partial charge in [-0.3, -0.25) is 13.9 Å². The molecular weight excluding hydrogens is 498 g/mol. The van der Waals surface area contributed by atoms with Gasteiger partial charge in [0.05, 0.1) is 10.6 Å². The lowest BCUT2D eigenvalue weighted by atomic mass is 10.1. The highest BCUT2D eigenvalue weighted by molar-refractivity contribution is 7.92. The fourth-order valence-electron chi connectivity index (χ4n) is 3.66. The Balaban J connectivity index is 2.01. The Labute approximate surface area is 217 Å². The van der Waals surface area contributed by atoms with Gasteiger partial charge in [-0.1, -0.05) is 59.1 Å². The minimum atomic E-state index is -4.12. The van der Waals surface area contributed by atoms with E-state index in [2.05, 4.69) is 5.32 Å². The van der Waals surface area contributed by atoms with Gasteiger partial charge in [-0.05, 0) is 62.7 Å². The highest BCUT2D eigenvalue weighted by atomic mass is 35.5. The molecule has 0 aliphatic heterocycles. The molecule has 1 atom stereocenters. The van der Waals surface area contributed by atoms with Crippen LogP contribution in [0.2, 0.25) is 5.02 Å². The highest BCUT2D eigenvalue weighted by Crippen LogP contribution is 2.26. The van der Waals surface area contributed by atoms with Crippen molar-refractivity contribution >= 4 is 39.1 Å². The fraction of sp³-hybridized carbons (Fsp3) is 0.259.